The molecule has 1 aromatic carbocycles. The van der Waals surface area contributed by atoms with Crippen molar-refractivity contribution in [3.63, 3.8) is 0 Å². The Hall–Kier alpha value is -0.860. The molecule has 0 amide bonds. The van der Waals surface area contributed by atoms with Gasteiger partial charge < -0.3 is 0 Å². The molecule has 1 aliphatic carbocycles. The lowest BCUT2D eigenvalue weighted by atomic mass is 9.87. The Bertz CT molecular complexity index is 550. The number of halogens is 1. The third kappa shape index (κ3) is 2.40. The summed E-state index contributed by atoms with van der Waals surface area (Å²) in [5, 5.41) is 0.805. The average molecular weight is 292 g/mol. The van der Waals surface area contributed by atoms with Crippen LogP contribution >= 0.6 is 11.6 Å². The third-order valence-corrected chi connectivity index (χ3v) is 4.99. The fraction of sp³-hybridized carbons (Fsp3) is 0.588. The molecule has 2 aliphatic rings. The minimum Gasteiger partial charge on any atom is -0.294 e. The van der Waals surface area contributed by atoms with Crippen LogP contribution in [-0.4, -0.2) is 16.7 Å². The van der Waals surface area contributed by atoms with Crippen LogP contribution in [0.25, 0.3) is 0 Å². The molecule has 3 rings (SSSR count). The molecule has 0 bridgehead atoms. The summed E-state index contributed by atoms with van der Waals surface area (Å²) >= 11 is 6.47. The molecule has 0 aromatic heterocycles. The number of ketones is 1. The third-order valence-electron chi connectivity index (χ3n) is 4.65. The van der Waals surface area contributed by atoms with Crippen LogP contribution in [0, 0.1) is 0 Å². The van der Waals surface area contributed by atoms with E-state index in [2.05, 4.69) is 24.8 Å². The summed E-state index contributed by atoms with van der Waals surface area (Å²) in [5.41, 5.74) is 4.59. The van der Waals surface area contributed by atoms with Gasteiger partial charge in [0, 0.05) is 36.1 Å². The van der Waals surface area contributed by atoms with E-state index in [0.29, 0.717) is 18.2 Å². The predicted octanol–water partition coefficient (Wildman–Crippen LogP) is 4.36. The van der Waals surface area contributed by atoms with Crippen molar-refractivity contribution in [2.75, 3.05) is 0 Å². The number of carbonyl (C=O) groups excluding carboxylic acids is 1. The molecule has 20 heavy (non-hydrogen) atoms. The van der Waals surface area contributed by atoms with Gasteiger partial charge in [-0.15, -0.1) is 0 Å². The Morgan fingerprint density at radius 1 is 1.10 bits per heavy atom. The molecule has 0 spiro atoms. The molecule has 3 heteroatoms. The molecule has 1 aromatic rings. The standard InChI is InChI=1S/C17H22ClNO/c1-11(2)19-9-12-8-15(18)13-6-4-3-5-7-16(20)17(13)14(12)10-19/h8,11H,3-7,9-10H2,1-2H3. The van der Waals surface area contributed by atoms with Crippen LogP contribution < -0.4 is 0 Å². The lowest BCUT2D eigenvalue weighted by Crippen LogP contribution is -2.24. The van der Waals surface area contributed by atoms with Crippen molar-refractivity contribution in [1.29, 1.82) is 0 Å². The molecule has 0 unspecified atom stereocenters. The van der Waals surface area contributed by atoms with Gasteiger partial charge in [0.15, 0.2) is 5.78 Å². The highest BCUT2D eigenvalue weighted by Gasteiger charge is 2.29. The van der Waals surface area contributed by atoms with Crippen molar-refractivity contribution in [2.45, 2.75) is 65.1 Å². The van der Waals surface area contributed by atoms with Gasteiger partial charge in [-0.3, -0.25) is 9.69 Å². The highest BCUT2D eigenvalue weighted by Crippen LogP contribution is 2.36. The summed E-state index contributed by atoms with van der Waals surface area (Å²) in [6.45, 7) is 6.24. The zero-order valence-corrected chi connectivity index (χ0v) is 13.1. The Kier molecular flexibility index (Phi) is 3.87. The van der Waals surface area contributed by atoms with E-state index in [-0.39, 0.29) is 0 Å². The quantitative estimate of drug-likeness (QED) is 0.766. The maximum Gasteiger partial charge on any atom is 0.163 e. The lowest BCUT2D eigenvalue weighted by molar-refractivity contribution is 0.0974. The summed E-state index contributed by atoms with van der Waals surface area (Å²) in [4.78, 5) is 15.0. The van der Waals surface area contributed by atoms with Gasteiger partial charge in [-0.1, -0.05) is 18.0 Å². The van der Waals surface area contributed by atoms with Gasteiger partial charge in [-0.25, -0.2) is 0 Å². The monoisotopic (exact) mass is 291 g/mol. The Morgan fingerprint density at radius 3 is 2.60 bits per heavy atom. The highest BCUT2D eigenvalue weighted by atomic mass is 35.5. The number of rotatable bonds is 1. The van der Waals surface area contributed by atoms with Gasteiger partial charge >= 0.3 is 0 Å². The van der Waals surface area contributed by atoms with Gasteiger partial charge in [0.05, 0.1) is 0 Å². The molecule has 1 aliphatic heterocycles. The molecule has 1 heterocycles. The number of Topliss-reactive ketones (excluding diaryl/α,β-unsaturated/α-hetero) is 1. The molecule has 0 N–H and O–H groups in total. The summed E-state index contributed by atoms with van der Waals surface area (Å²) in [6, 6.07) is 2.60. The molecular weight excluding hydrogens is 270 g/mol. The maximum absolute atomic E-state index is 12.6. The van der Waals surface area contributed by atoms with E-state index >= 15 is 0 Å². The van der Waals surface area contributed by atoms with Crippen LogP contribution in [0.4, 0.5) is 0 Å². The summed E-state index contributed by atoms with van der Waals surface area (Å²) in [6.07, 6.45) is 4.94. The van der Waals surface area contributed by atoms with Crippen LogP contribution in [0.15, 0.2) is 6.07 Å². The Labute approximate surface area is 126 Å². The normalized spacial score (nSPS) is 19.7. The maximum atomic E-state index is 12.6. The summed E-state index contributed by atoms with van der Waals surface area (Å²) in [7, 11) is 0. The predicted molar refractivity (Wildman–Crippen MR) is 82.3 cm³/mol. The minimum atomic E-state index is 0.309. The molecule has 2 nitrogen and oxygen atoms in total. The van der Waals surface area contributed by atoms with Crippen molar-refractivity contribution in [3.8, 4) is 0 Å². The fourth-order valence-corrected chi connectivity index (χ4v) is 3.74. The first kappa shape index (κ1) is 14.1. The lowest BCUT2D eigenvalue weighted by Gasteiger charge is -2.20. The van der Waals surface area contributed by atoms with Gasteiger partial charge in [-0.2, -0.15) is 0 Å². The number of hydrogen-bond acceptors (Lipinski definition) is 2. The molecule has 0 saturated heterocycles. The topological polar surface area (TPSA) is 20.3 Å². The second-order valence-corrected chi connectivity index (χ2v) is 6.74. The van der Waals surface area contributed by atoms with E-state index in [1.807, 2.05) is 0 Å². The zero-order chi connectivity index (χ0) is 14.3. The zero-order valence-electron chi connectivity index (χ0n) is 12.3. The molecule has 108 valence electrons. The minimum absolute atomic E-state index is 0.309. The van der Waals surface area contributed by atoms with Crippen molar-refractivity contribution in [1.82, 2.24) is 4.90 Å². The average Bonchev–Trinajstić information content (AvgIpc) is 2.78. The second-order valence-electron chi connectivity index (χ2n) is 6.33. The van der Waals surface area contributed by atoms with E-state index in [1.165, 1.54) is 11.1 Å². The van der Waals surface area contributed by atoms with Crippen molar-refractivity contribution < 1.29 is 4.79 Å². The van der Waals surface area contributed by atoms with Gasteiger partial charge in [-0.05, 0) is 55.9 Å². The largest absolute Gasteiger partial charge is 0.294 e. The van der Waals surface area contributed by atoms with Gasteiger partial charge in [0.25, 0.3) is 0 Å². The van der Waals surface area contributed by atoms with Crippen molar-refractivity contribution >= 4 is 17.4 Å². The van der Waals surface area contributed by atoms with Crippen LogP contribution in [0.3, 0.4) is 0 Å². The van der Waals surface area contributed by atoms with Crippen molar-refractivity contribution in [3.05, 3.63) is 33.3 Å². The number of carbonyl (C=O) groups is 1. The molecule has 0 radical (unpaired) electrons. The SMILES string of the molecule is CC(C)N1Cc2cc(Cl)c3c(c2C1)C(=O)CCCCC3. The number of benzene rings is 1. The van der Waals surface area contributed by atoms with Crippen LogP contribution in [0.5, 0.6) is 0 Å². The van der Waals surface area contributed by atoms with E-state index in [0.717, 1.165) is 54.9 Å². The summed E-state index contributed by atoms with van der Waals surface area (Å²) < 4.78 is 0. The second kappa shape index (κ2) is 5.50. The first-order valence-corrected chi connectivity index (χ1v) is 8.06. The fourth-order valence-electron chi connectivity index (χ4n) is 3.42. The van der Waals surface area contributed by atoms with Gasteiger partial charge in [0.2, 0.25) is 0 Å². The number of hydrogen-bond donors (Lipinski definition) is 0. The highest BCUT2D eigenvalue weighted by molar-refractivity contribution is 6.32. The Balaban J connectivity index is 2.10. The van der Waals surface area contributed by atoms with Gasteiger partial charge in [0.1, 0.15) is 0 Å². The van der Waals surface area contributed by atoms with E-state index < -0.39 is 0 Å². The van der Waals surface area contributed by atoms with E-state index in [9.17, 15) is 4.79 Å². The summed E-state index contributed by atoms with van der Waals surface area (Å²) in [5.74, 6) is 0.309. The molecular formula is C17H22ClNO. The van der Waals surface area contributed by atoms with E-state index in [4.69, 9.17) is 11.6 Å². The number of fused-ring (bicyclic) bond motifs is 3. The number of nitrogens with zero attached hydrogens (tertiary/aromatic N) is 1. The van der Waals surface area contributed by atoms with E-state index in [1.54, 1.807) is 0 Å². The first-order chi connectivity index (χ1) is 9.58. The molecule has 0 atom stereocenters. The molecule has 0 saturated carbocycles. The van der Waals surface area contributed by atoms with Crippen molar-refractivity contribution in [2.24, 2.45) is 0 Å². The molecule has 0 fully saturated rings. The van der Waals surface area contributed by atoms with Crippen LogP contribution in [0.2, 0.25) is 5.02 Å². The smallest absolute Gasteiger partial charge is 0.163 e. The Morgan fingerprint density at radius 2 is 1.85 bits per heavy atom. The van der Waals surface area contributed by atoms with Crippen LogP contribution in [-0.2, 0) is 19.5 Å². The van der Waals surface area contributed by atoms with Crippen LogP contribution in [0.1, 0.15) is 66.6 Å². The first-order valence-electron chi connectivity index (χ1n) is 7.68.